The van der Waals surface area contributed by atoms with Gasteiger partial charge in [0.05, 0.1) is 6.42 Å². The summed E-state index contributed by atoms with van der Waals surface area (Å²) < 4.78 is 0. The molecule has 3 N–H and O–H groups in total. The minimum atomic E-state index is -1.59. The van der Waals surface area contributed by atoms with E-state index < -0.39 is 23.0 Å². The zero-order chi connectivity index (χ0) is 17.9. The van der Waals surface area contributed by atoms with E-state index in [1.165, 1.54) is 6.92 Å². The van der Waals surface area contributed by atoms with E-state index in [-0.39, 0.29) is 12.0 Å². The number of hydrogen-bond donors (Lipinski definition) is 3. The third-order valence-corrected chi connectivity index (χ3v) is 3.85. The molecule has 0 saturated carbocycles. The largest absolute Gasteiger partial charge is 0.479 e. The van der Waals surface area contributed by atoms with Crippen molar-refractivity contribution in [2.45, 2.75) is 32.7 Å². The summed E-state index contributed by atoms with van der Waals surface area (Å²) in [5.74, 6) is -1.29. The first kappa shape index (κ1) is 17.4. The van der Waals surface area contributed by atoms with Gasteiger partial charge in [-0.2, -0.15) is 0 Å². The van der Waals surface area contributed by atoms with Crippen LogP contribution in [0.3, 0.4) is 0 Å². The fraction of sp³-hybridized carbons (Fsp3) is 0.294. The van der Waals surface area contributed by atoms with Gasteiger partial charge in [0, 0.05) is 11.3 Å². The number of carbonyl (C=O) groups is 2. The van der Waals surface area contributed by atoms with Gasteiger partial charge in [-0.1, -0.05) is 30.3 Å². The highest BCUT2D eigenvalue weighted by Gasteiger charge is 2.36. The van der Waals surface area contributed by atoms with Gasteiger partial charge < -0.3 is 15.4 Å². The molecule has 1 amide bonds. The standard InChI is InChI=1S/C17H19N3O4/c1-10-13(15(22)19-11(2)18-10)9-14(21)20-17(3,16(23)24)12-7-5-4-6-8-12/h4-8H,9H2,1-3H3,(H,20,21)(H,23,24)(H,18,19,22). The summed E-state index contributed by atoms with van der Waals surface area (Å²) >= 11 is 0. The molecule has 0 radical (unpaired) electrons. The van der Waals surface area contributed by atoms with Gasteiger partial charge in [-0.3, -0.25) is 9.59 Å². The molecule has 0 bridgehead atoms. The molecule has 0 aliphatic carbocycles. The van der Waals surface area contributed by atoms with Gasteiger partial charge in [0.1, 0.15) is 5.82 Å². The summed E-state index contributed by atoms with van der Waals surface area (Å²) in [6, 6.07) is 8.40. The maximum absolute atomic E-state index is 12.3. The molecule has 24 heavy (non-hydrogen) atoms. The fourth-order valence-electron chi connectivity index (χ4n) is 2.46. The number of carboxylic acids is 1. The quantitative estimate of drug-likeness (QED) is 0.759. The van der Waals surface area contributed by atoms with Crippen molar-refractivity contribution in [1.29, 1.82) is 0 Å². The molecule has 1 aromatic heterocycles. The second-order valence-electron chi connectivity index (χ2n) is 5.74. The highest BCUT2D eigenvalue weighted by Crippen LogP contribution is 2.21. The number of aromatic amines is 1. The Hall–Kier alpha value is -2.96. The highest BCUT2D eigenvalue weighted by molar-refractivity contribution is 5.88. The molecule has 2 aromatic rings. The Kier molecular flexibility index (Phi) is 4.82. The van der Waals surface area contributed by atoms with Gasteiger partial charge in [0.15, 0.2) is 5.54 Å². The fourth-order valence-corrected chi connectivity index (χ4v) is 2.46. The van der Waals surface area contributed by atoms with Crippen LogP contribution in [0.5, 0.6) is 0 Å². The van der Waals surface area contributed by atoms with Crippen molar-refractivity contribution < 1.29 is 14.7 Å². The molecule has 0 aliphatic heterocycles. The average molecular weight is 329 g/mol. The van der Waals surface area contributed by atoms with E-state index in [1.807, 2.05) is 0 Å². The van der Waals surface area contributed by atoms with Crippen LogP contribution in [0.1, 0.15) is 29.6 Å². The first-order chi connectivity index (χ1) is 11.2. The molecule has 2 rings (SSSR count). The van der Waals surface area contributed by atoms with Gasteiger partial charge >= 0.3 is 5.97 Å². The Morgan fingerprint density at radius 1 is 1.25 bits per heavy atom. The van der Waals surface area contributed by atoms with Crippen LogP contribution in [-0.4, -0.2) is 27.0 Å². The van der Waals surface area contributed by atoms with Crippen LogP contribution in [-0.2, 0) is 21.5 Å². The predicted molar refractivity (Wildman–Crippen MR) is 87.6 cm³/mol. The summed E-state index contributed by atoms with van der Waals surface area (Å²) in [6.07, 6.45) is -0.246. The molecule has 7 nitrogen and oxygen atoms in total. The van der Waals surface area contributed by atoms with E-state index in [0.29, 0.717) is 17.1 Å². The van der Waals surface area contributed by atoms with Crippen molar-refractivity contribution in [3.05, 3.63) is 63.3 Å². The Balaban J connectivity index is 2.28. The molecule has 0 spiro atoms. The lowest BCUT2D eigenvalue weighted by atomic mass is 9.91. The molecule has 1 aromatic carbocycles. The molecule has 0 fully saturated rings. The van der Waals surface area contributed by atoms with Crippen molar-refractivity contribution in [1.82, 2.24) is 15.3 Å². The van der Waals surface area contributed by atoms with E-state index in [1.54, 1.807) is 44.2 Å². The van der Waals surface area contributed by atoms with E-state index in [0.717, 1.165) is 0 Å². The second-order valence-corrected chi connectivity index (χ2v) is 5.74. The van der Waals surface area contributed by atoms with E-state index in [2.05, 4.69) is 15.3 Å². The first-order valence-corrected chi connectivity index (χ1v) is 7.40. The van der Waals surface area contributed by atoms with Crippen molar-refractivity contribution in [3.63, 3.8) is 0 Å². The Morgan fingerprint density at radius 2 is 1.88 bits per heavy atom. The zero-order valence-electron chi connectivity index (χ0n) is 13.7. The lowest BCUT2D eigenvalue weighted by Gasteiger charge is -2.26. The highest BCUT2D eigenvalue weighted by atomic mass is 16.4. The van der Waals surface area contributed by atoms with Crippen molar-refractivity contribution >= 4 is 11.9 Å². The van der Waals surface area contributed by atoms with Gasteiger partial charge in [-0.15, -0.1) is 0 Å². The van der Waals surface area contributed by atoms with Crippen molar-refractivity contribution in [2.75, 3.05) is 0 Å². The number of nitrogens with one attached hydrogen (secondary N) is 2. The van der Waals surface area contributed by atoms with E-state index in [9.17, 15) is 19.5 Å². The minimum Gasteiger partial charge on any atom is -0.479 e. The summed E-state index contributed by atoms with van der Waals surface area (Å²) in [5.41, 5.74) is -0.871. The summed E-state index contributed by atoms with van der Waals surface area (Å²) in [7, 11) is 0. The number of amides is 1. The van der Waals surface area contributed by atoms with Crippen LogP contribution < -0.4 is 10.9 Å². The number of aliphatic carboxylic acids is 1. The second kappa shape index (κ2) is 6.66. The maximum Gasteiger partial charge on any atom is 0.333 e. The van der Waals surface area contributed by atoms with Crippen LogP contribution in [0.15, 0.2) is 35.1 Å². The molecule has 126 valence electrons. The van der Waals surface area contributed by atoms with Gasteiger partial charge in [0.2, 0.25) is 5.91 Å². The van der Waals surface area contributed by atoms with Crippen LogP contribution in [0.4, 0.5) is 0 Å². The van der Waals surface area contributed by atoms with Gasteiger partial charge in [0.25, 0.3) is 5.56 Å². The molecular weight excluding hydrogens is 310 g/mol. The van der Waals surface area contributed by atoms with Crippen LogP contribution in [0.2, 0.25) is 0 Å². The predicted octanol–water partition coefficient (Wildman–Crippen LogP) is 1.05. The topological polar surface area (TPSA) is 112 Å². The lowest BCUT2D eigenvalue weighted by molar-refractivity contribution is -0.147. The molecule has 1 unspecified atom stereocenters. The normalized spacial score (nSPS) is 13.1. The summed E-state index contributed by atoms with van der Waals surface area (Å²) in [5, 5.41) is 12.1. The first-order valence-electron chi connectivity index (χ1n) is 7.40. The minimum absolute atomic E-state index is 0.221. The SMILES string of the molecule is Cc1nc(C)c(CC(=O)NC(C)(C(=O)O)c2ccccc2)c(=O)[nH]1. The number of nitrogens with zero attached hydrogens (tertiary/aromatic N) is 1. The van der Waals surface area contributed by atoms with E-state index in [4.69, 9.17) is 0 Å². The van der Waals surface area contributed by atoms with E-state index >= 15 is 0 Å². The summed E-state index contributed by atoms with van der Waals surface area (Å²) in [6.45, 7) is 4.70. The van der Waals surface area contributed by atoms with Crippen LogP contribution in [0.25, 0.3) is 0 Å². The number of carboxylic acid groups (broad SMARTS) is 1. The number of rotatable bonds is 5. The number of benzene rings is 1. The monoisotopic (exact) mass is 329 g/mol. The van der Waals surface area contributed by atoms with Gasteiger partial charge in [-0.05, 0) is 26.3 Å². The number of hydrogen-bond acceptors (Lipinski definition) is 4. The number of aryl methyl sites for hydroxylation is 2. The molecule has 7 heteroatoms. The maximum atomic E-state index is 12.3. The zero-order valence-corrected chi connectivity index (χ0v) is 13.7. The Labute approximate surface area is 138 Å². The third-order valence-electron chi connectivity index (χ3n) is 3.85. The average Bonchev–Trinajstić information content (AvgIpc) is 2.51. The number of carbonyl (C=O) groups excluding carboxylic acids is 1. The smallest absolute Gasteiger partial charge is 0.333 e. The Morgan fingerprint density at radius 3 is 2.42 bits per heavy atom. The molecule has 0 saturated heterocycles. The van der Waals surface area contributed by atoms with Gasteiger partial charge in [-0.25, -0.2) is 9.78 Å². The molecule has 1 atom stereocenters. The number of aromatic nitrogens is 2. The number of H-pyrrole nitrogens is 1. The third kappa shape index (κ3) is 3.51. The van der Waals surface area contributed by atoms with Crippen molar-refractivity contribution in [3.8, 4) is 0 Å². The molecule has 0 aliphatic rings. The summed E-state index contributed by atoms with van der Waals surface area (Å²) in [4.78, 5) is 42.7. The molecular formula is C17H19N3O4. The van der Waals surface area contributed by atoms with Crippen LogP contribution in [0, 0.1) is 13.8 Å². The Bertz CT molecular complexity index is 829. The lowest BCUT2D eigenvalue weighted by Crippen LogP contribution is -2.50. The van der Waals surface area contributed by atoms with Crippen LogP contribution >= 0.6 is 0 Å². The van der Waals surface area contributed by atoms with Crippen molar-refractivity contribution in [2.24, 2.45) is 0 Å². The molecule has 1 heterocycles.